The molecule has 26 heavy (non-hydrogen) atoms. The third kappa shape index (κ3) is 3.67. The number of anilines is 1. The Kier molecular flexibility index (Phi) is 5.85. The van der Waals surface area contributed by atoms with Gasteiger partial charge in [-0.2, -0.15) is 0 Å². The molecule has 0 spiro atoms. The van der Waals surface area contributed by atoms with Crippen LogP contribution in [0, 0.1) is 3.57 Å². The first-order valence-electron chi connectivity index (χ1n) is 8.54. The largest absolute Gasteiger partial charge is 0.379 e. The van der Waals surface area contributed by atoms with Gasteiger partial charge in [-0.05, 0) is 53.9 Å². The molecule has 0 bridgehead atoms. The normalized spacial score (nSPS) is 20.0. The van der Waals surface area contributed by atoms with Crippen molar-refractivity contribution in [1.82, 2.24) is 10.3 Å². The molecule has 0 radical (unpaired) electrons. The smallest absolute Gasteiger partial charge is 0.131 e. The van der Waals surface area contributed by atoms with E-state index in [9.17, 15) is 0 Å². The molecule has 1 aliphatic rings. The van der Waals surface area contributed by atoms with E-state index in [1.54, 1.807) is 11.3 Å². The minimum absolute atomic E-state index is 0.472. The lowest BCUT2D eigenvalue weighted by molar-refractivity contribution is 0.456. The molecule has 3 aromatic heterocycles. The van der Waals surface area contributed by atoms with E-state index < -0.39 is 0 Å². The quantitative estimate of drug-likeness (QED) is 0.240. The molecule has 0 amide bonds. The van der Waals surface area contributed by atoms with Crippen molar-refractivity contribution >= 4 is 72.8 Å². The lowest BCUT2D eigenvalue weighted by Crippen LogP contribution is -2.32. The Morgan fingerprint density at radius 2 is 2.19 bits per heavy atom. The highest BCUT2D eigenvalue weighted by Crippen LogP contribution is 2.44. The van der Waals surface area contributed by atoms with Crippen molar-refractivity contribution in [2.24, 2.45) is 0 Å². The Morgan fingerprint density at radius 1 is 1.35 bits per heavy atom. The zero-order valence-corrected chi connectivity index (χ0v) is 18.8. The fourth-order valence-corrected chi connectivity index (χ4v) is 6.86. The highest BCUT2D eigenvalue weighted by molar-refractivity contribution is 14.1. The van der Waals surface area contributed by atoms with E-state index in [0.717, 1.165) is 30.6 Å². The lowest BCUT2D eigenvalue weighted by Gasteiger charge is -2.27. The number of pyridine rings is 1. The molecule has 4 rings (SSSR count). The van der Waals surface area contributed by atoms with Gasteiger partial charge >= 0.3 is 0 Å². The van der Waals surface area contributed by atoms with Crippen molar-refractivity contribution in [3.63, 3.8) is 0 Å². The molecule has 3 nitrogen and oxygen atoms in total. The number of nitrogens with one attached hydrogen (secondary N) is 2. The van der Waals surface area contributed by atoms with E-state index in [2.05, 4.69) is 74.9 Å². The van der Waals surface area contributed by atoms with Gasteiger partial charge in [0, 0.05) is 34.3 Å². The van der Waals surface area contributed by atoms with Crippen molar-refractivity contribution in [2.45, 2.75) is 31.3 Å². The predicted octanol–water partition coefficient (Wildman–Crippen LogP) is 6.25. The van der Waals surface area contributed by atoms with Gasteiger partial charge in [-0.25, -0.2) is 4.98 Å². The van der Waals surface area contributed by atoms with Gasteiger partial charge in [0.1, 0.15) is 5.15 Å². The summed E-state index contributed by atoms with van der Waals surface area (Å²) in [6.07, 6.45) is 6.72. The van der Waals surface area contributed by atoms with Gasteiger partial charge in [-0.3, -0.25) is 0 Å². The summed E-state index contributed by atoms with van der Waals surface area (Å²) in [4.78, 5) is 7.37. The number of halogens is 2. The fourth-order valence-electron chi connectivity index (χ4n) is 3.41. The van der Waals surface area contributed by atoms with E-state index in [0.29, 0.717) is 17.1 Å². The first-order valence-corrected chi connectivity index (χ1v) is 11.7. The molecule has 1 aliphatic carbocycles. The molecule has 7 heteroatoms. The van der Waals surface area contributed by atoms with Gasteiger partial charge in [-0.15, -0.1) is 22.7 Å². The Morgan fingerprint density at radius 3 is 2.96 bits per heavy atom. The maximum absolute atomic E-state index is 6.34. The summed E-state index contributed by atoms with van der Waals surface area (Å²) in [5.41, 5.74) is 2.10. The van der Waals surface area contributed by atoms with Crippen LogP contribution in [0.5, 0.6) is 0 Å². The minimum Gasteiger partial charge on any atom is -0.379 e. The number of hydrogen-bond acceptors (Lipinski definition) is 5. The molecule has 2 N–H and O–H groups in total. The predicted molar refractivity (Wildman–Crippen MR) is 123 cm³/mol. The summed E-state index contributed by atoms with van der Waals surface area (Å²) in [6, 6.07) is 6.65. The summed E-state index contributed by atoms with van der Waals surface area (Å²) >= 11 is 12.4. The number of rotatable bonds is 5. The monoisotopic (exact) mass is 515 g/mol. The molecular weight excluding hydrogens is 497 g/mol. The zero-order valence-electron chi connectivity index (χ0n) is 14.3. The van der Waals surface area contributed by atoms with Crippen molar-refractivity contribution in [3.8, 4) is 0 Å². The third-order valence-electron chi connectivity index (χ3n) is 4.75. The molecule has 3 heterocycles. The number of nitrogens with zero attached hydrogens (tertiary/aromatic N) is 1. The number of allylic oxidation sites excluding steroid dienone is 1. The summed E-state index contributed by atoms with van der Waals surface area (Å²) in [7, 11) is 2.06. The highest BCUT2D eigenvalue weighted by atomic mass is 127. The summed E-state index contributed by atoms with van der Waals surface area (Å²) in [6.45, 7) is 0.808. The van der Waals surface area contributed by atoms with Crippen molar-refractivity contribution < 1.29 is 0 Å². The maximum atomic E-state index is 6.34. The van der Waals surface area contributed by atoms with Crippen LogP contribution in [-0.4, -0.2) is 18.1 Å². The van der Waals surface area contributed by atoms with Gasteiger partial charge in [-0.1, -0.05) is 29.8 Å². The van der Waals surface area contributed by atoms with Crippen molar-refractivity contribution in [2.75, 3.05) is 12.4 Å². The molecular formula is C19H19ClIN3S2. The van der Waals surface area contributed by atoms with E-state index in [-0.39, 0.29) is 0 Å². The van der Waals surface area contributed by atoms with Crippen LogP contribution in [0.1, 0.15) is 28.5 Å². The highest BCUT2D eigenvalue weighted by Gasteiger charge is 2.28. The second-order valence-electron chi connectivity index (χ2n) is 6.33. The van der Waals surface area contributed by atoms with Gasteiger partial charge in [0.2, 0.25) is 0 Å². The lowest BCUT2D eigenvalue weighted by atomic mass is 9.88. The van der Waals surface area contributed by atoms with Crippen LogP contribution >= 0.6 is 56.9 Å². The molecule has 0 fully saturated rings. The van der Waals surface area contributed by atoms with Crippen LogP contribution in [0.3, 0.4) is 0 Å². The van der Waals surface area contributed by atoms with Gasteiger partial charge in [0.05, 0.1) is 19.5 Å². The summed E-state index contributed by atoms with van der Waals surface area (Å²) in [5.74, 6) is 0.486. The standard InChI is InChI=1S/C19H19ClIN3S2/c1-22-13-7-3-2-6-12(13)18-16(21)17-19(26-18)14(9-15(20)24-17)23-10-11-5-4-8-25-11/h2-5,8-9,12-13,22H,6-7,10H2,1H3,(H,23,24)/t12-,13-/m0/s1. The summed E-state index contributed by atoms with van der Waals surface area (Å²) < 4.78 is 2.44. The second-order valence-corrected chi connectivity index (χ2v) is 9.88. The van der Waals surface area contributed by atoms with E-state index >= 15 is 0 Å². The number of fused-ring (bicyclic) bond motifs is 1. The molecule has 0 unspecified atom stereocenters. The number of thiophene rings is 2. The first-order chi connectivity index (χ1) is 12.7. The SMILES string of the molecule is CN[C@H]1CC=CC[C@@H]1c1sc2c(NCc3cccs3)cc(Cl)nc2c1I. The molecule has 0 aliphatic heterocycles. The van der Waals surface area contributed by atoms with E-state index in [1.807, 2.05) is 17.4 Å². The summed E-state index contributed by atoms with van der Waals surface area (Å²) in [5, 5.41) is 9.70. The van der Waals surface area contributed by atoms with Crippen LogP contribution in [0.15, 0.2) is 35.7 Å². The van der Waals surface area contributed by atoms with Gasteiger partial charge in [0.25, 0.3) is 0 Å². The topological polar surface area (TPSA) is 37.0 Å². The zero-order chi connectivity index (χ0) is 18.1. The average Bonchev–Trinajstić information content (AvgIpc) is 3.28. The van der Waals surface area contributed by atoms with Crippen LogP contribution in [0.25, 0.3) is 10.2 Å². The van der Waals surface area contributed by atoms with Crippen LogP contribution in [-0.2, 0) is 6.54 Å². The van der Waals surface area contributed by atoms with E-state index in [4.69, 9.17) is 11.6 Å². The third-order valence-corrected chi connectivity index (χ3v) is 8.62. The van der Waals surface area contributed by atoms with Crippen LogP contribution in [0.2, 0.25) is 5.15 Å². The Labute approximate surface area is 180 Å². The van der Waals surface area contributed by atoms with Crippen LogP contribution < -0.4 is 10.6 Å². The average molecular weight is 516 g/mol. The number of hydrogen-bond donors (Lipinski definition) is 2. The second kappa shape index (κ2) is 8.14. The van der Waals surface area contributed by atoms with Crippen molar-refractivity contribution in [3.05, 3.63) is 54.2 Å². The molecule has 2 atom stereocenters. The number of likely N-dealkylation sites (N-methyl/N-ethyl adjacent to an activating group) is 1. The van der Waals surface area contributed by atoms with Crippen molar-refractivity contribution in [1.29, 1.82) is 0 Å². The van der Waals surface area contributed by atoms with Crippen LogP contribution in [0.4, 0.5) is 5.69 Å². The Hall–Kier alpha value is -0.670. The molecule has 0 aromatic carbocycles. The molecule has 0 saturated carbocycles. The Bertz CT molecular complexity index is 936. The fraction of sp³-hybridized carbons (Fsp3) is 0.316. The molecule has 0 saturated heterocycles. The number of aromatic nitrogens is 1. The Balaban J connectivity index is 1.73. The molecule has 136 valence electrons. The maximum Gasteiger partial charge on any atom is 0.131 e. The molecule has 3 aromatic rings. The van der Waals surface area contributed by atoms with E-state index in [1.165, 1.54) is 18.0 Å². The first kappa shape index (κ1) is 18.7. The van der Waals surface area contributed by atoms with Gasteiger partial charge < -0.3 is 10.6 Å². The van der Waals surface area contributed by atoms with Gasteiger partial charge in [0.15, 0.2) is 0 Å². The minimum atomic E-state index is 0.472.